The fourth-order valence-corrected chi connectivity index (χ4v) is 3.80. The number of nitrogens with one attached hydrogen (secondary N) is 1. The van der Waals surface area contributed by atoms with Gasteiger partial charge in [0, 0.05) is 19.1 Å². The van der Waals surface area contributed by atoms with Crippen molar-refractivity contribution < 1.29 is 0 Å². The molecule has 0 aromatic rings. The van der Waals surface area contributed by atoms with Gasteiger partial charge in [0.15, 0.2) is 0 Å². The van der Waals surface area contributed by atoms with Crippen molar-refractivity contribution in [3.63, 3.8) is 0 Å². The smallest absolute Gasteiger partial charge is 0.00957 e. The van der Waals surface area contributed by atoms with E-state index in [1.165, 1.54) is 58.3 Å². The van der Waals surface area contributed by atoms with E-state index in [0.29, 0.717) is 0 Å². The molecule has 18 heavy (non-hydrogen) atoms. The highest BCUT2D eigenvalue weighted by Gasteiger charge is 2.27. The lowest BCUT2D eigenvalue weighted by Crippen LogP contribution is -2.48. The average Bonchev–Trinajstić information content (AvgIpc) is 2.36. The second-order valence-electron chi connectivity index (χ2n) is 6.91. The maximum atomic E-state index is 3.60. The molecule has 0 bridgehead atoms. The lowest BCUT2D eigenvalue weighted by molar-refractivity contribution is 0.0942. The van der Waals surface area contributed by atoms with Gasteiger partial charge in [0.2, 0.25) is 0 Å². The summed E-state index contributed by atoms with van der Waals surface area (Å²) in [5, 5.41) is 3.60. The molecule has 0 spiro atoms. The van der Waals surface area contributed by atoms with Crippen molar-refractivity contribution >= 4 is 0 Å². The van der Waals surface area contributed by atoms with Crippen LogP contribution >= 0.6 is 0 Å². The molecule has 0 aromatic carbocycles. The SMILES string of the molecule is CCC1CCC(N2CC(C)CNCC(C)C2)CC1. The van der Waals surface area contributed by atoms with Crippen LogP contribution in [0.25, 0.3) is 0 Å². The van der Waals surface area contributed by atoms with Crippen molar-refractivity contribution in [2.24, 2.45) is 17.8 Å². The number of hydrogen-bond acceptors (Lipinski definition) is 2. The topological polar surface area (TPSA) is 15.3 Å². The largest absolute Gasteiger partial charge is 0.316 e. The van der Waals surface area contributed by atoms with E-state index < -0.39 is 0 Å². The maximum absolute atomic E-state index is 3.60. The van der Waals surface area contributed by atoms with Crippen LogP contribution in [0.3, 0.4) is 0 Å². The van der Waals surface area contributed by atoms with Crippen LogP contribution in [0.1, 0.15) is 52.9 Å². The quantitative estimate of drug-likeness (QED) is 0.812. The molecule has 0 amide bonds. The Bertz CT molecular complexity index is 221. The molecular formula is C16H32N2. The van der Waals surface area contributed by atoms with Crippen LogP contribution in [0.2, 0.25) is 0 Å². The summed E-state index contributed by atoms with van der Waals surface area (Å²) in [6, 6.07) is 0.885. The zero-order valence-corrected chi connectivity index (χ0v) is 12.6. The minimum atomic E-state index is 0.807. The number of nitrogens with zero attached hydrogens (tertiary/aromatic N) is 1. The minimum Gasteiger partial charge on any atom is -0.316 e. The van der Waals surface area contributed by atoms with Gasteiger partial charge in [-0.05, 0) is 56.5 Å². The lowest BCUT2D eigenvalue weighted by Gasteiger charge is -2.40. The summed E-state index contributed by atoms with van der Waals surface area (Å²) in [5.74, 6) is 2.63. The molecule has 1 heterocycles. The first-order valence-electron chi connectivity index (χ1n) is 8.13. The van der Waals surface area contributed by atoms with Crippen LogP contribution in [0.4, 0.5) is 0 Å². The Labute approximate surface area is 114 Å². The van der Waals surface area contributed by atoms with Crippen molar-refractivity contribution in [3.8, 4) is 0 Å². The van der Waals surface area contributed by atoms with Gasteiger partial charge in [-0.2, -0.15) is 0 Å². The van der Waals surface area contributed by atoms with E-state index in [1.54, 1.807) is 0 Å². The van der Waals surface area contributed by atoms with E-state index >= 15 is 0 Å². The molecule has 0 aromatic heterocycles. The summed E-state index contributed by atoms with van der Waals surface area (Å²) >= 11 is 0. The zero-order valence-electron chi connectivity index (χ0n) is 12.6. The van der Waals surface area contributed by atoms with E-state index in [4.69, 9.17) is 0 Å². The summed E-state index contributed by atoms with van der Waals surface area (Å²) < 4.78 is 0. The van der Waals surface area contributed by atoms with E-state index in [1.807, 2.05) is 0 Å². The molecule has 1 N–H and O–H groups in total. The highest BCUT2D eigenvalue weighted by molar-refractivity contribution is 4.83. The molecule has 1 saturated heterocycles. The van der Waals surface area contributed by atoms with Crippen LogP contribution in [0.15, 0.2) is 0 Å². The Morgan fingerprint density at radius 1 is 0.944 bits per heavy atom. The summed E-state index contributed by atoms with van der Waals surface area (Å²) in [6.45, 7) is 12.2. The van der Waals surface area contributed by atoms with Crippen LogP contribution in [-0.2, 0) is 0 Å². The predicted octanol–water partition coefficient (Wildman–Crippen LogP) is 3.13. The van der Waals surface area contributed by atoms with Crippen LogP contribution in [0.5, 0.6) is 0 Å². The summed E-state index contributed by atoms with van der Waals surface area (Å²) in [7, 11) is 0. The first-order valence-corrected chi connectivity index (χ1v) is 8.13. The second-order valence-corrected chi connectivity index (χ2v) is 6.91. The fraction of sp³-hybridized carbons (Fsp3) is 1.00. The molecule has 2 aliphatic rings. The van der Waals surface area contributed by atoms with Gasteiger partial charge in [-0.15, -0.1) is 0 Å². The Morgan fingerprint density at radius 2 is 1.50 bits per heavy atom. The highest BCUT2D eigenvalue weighted by atomic mass is 15.2. The fourth-order valence-electron chi connectivity index (χ4n) is 3.80. The van der Waals surface area contributed by atoms with Gasteiger partial charge < -0.3 is 5.32 Å². The van der Waals surface area contributed by atoms with Gasteiger partial charge in [-0.25, -0.2) is 0 Å². The van der Waals surface area contributed by atoms with Gasteiger partial charge in [0.25, 0.3) is 0 Å². The third-order valence-electron chi connectivity index (χ3n) is 4.99. The molecule has 2 heteroatoms. The molecular weight excluding hydrogens is 220 g/mol. The third kappa shape index (κ3) is 3.96. The Hall–Kier alpha value is -0.0800. The van der Waals surface area contributed by atoms with Gasteiger partial charge >= 0.3 is 0 Å². The van der Waals surface area contributed by atoms with E-state index in [9.17, 15) is 0 Å². The first-order chi connectivity index (χ1) is 8.69. The molecule has 2 nitrogen and oxygen atoms in total. The molecule has 106 valence electrons. The van der Waals surface area contributed by atoms with E-state index in [2.05, 4.69) is 31.0 Å². The van der Waals surface area contributed by atoms with Gasteiger partial charge in [-0.3, -0.25) is 4.90 Å². The monoisotopic (exact) mass is 252 g/mol. The molecule has 2 unspecified atom stereocenters. The number of hydrogen-bond donors (Lipinski definition) is 1. The summed E-state index contributed by atoms with van der Waals surface area (Å²) in [6.07, 6.45) is 7.23. The molecule has 2 rings (SSSR count). The summed E-state index contributed by atoms with van der Waals surface area (Å²) in [5.41, 5.74) is 0. The first kappa shape index (κ1) is 14.3. The predicted molar refractivity (Wildman–Crippen MR) is 78.8 cm³/mol. The molecule has 2 fully saturated rings. The average molecular weight is 252 g/mol. The third-order valence-corrected chi connectivity index (χ3v) is 4.99. The van der Waals surface area contributed by atoms with Crippen molar-refractivity contribution in [1.29, 1.82) is 0 Å². The van der Waals surface area contributed by atoms with Crippen molar-refractivity contribution in [3.05, 3.63) is 0 Å². The standard InChI is InChI=1S/C16H32N2/c1-4-15-5-7-16(8-6-15)18-11-13(2)9-17-10-14(3)12-18/h13-17H,4-12H2,1-3H3. The Morgan fingerprint density at radius 3 is 2.00 bits per heavy atom. The molecule has 1 aliphatic heterocycles. The number of rotatable bonds is 2. The molecule has 1 aliphatic carbocycles. The van der Waals surface area contributed by atoms with Crippen molar-refractivity contribution in [2.75, 3.05) is 26.2 Å². The lowest BCUT2D eigenvalue weighted by atomic mass is 9.83. The van der Waals surface area contributed by atoms with Crippen molar-refractivity contribution in [1.82, 2.24) is 10.2 Å². The Balaban J connectivity index is 1.88. The van der Waals surface area contributed by atoms with Crippen LogP contribution < -0.4 is 5.32 Å². The van der Waals surface area contributed by atoms with Crippen LogP contribution in [0, 0.1) is 17.8 Å². The molecule has 0 radical (unpaired) electrons. The molecule has 1 saturated carbocycles. The summed E-state index contributed by atoms with van der Waals surface area (Å²) in [4.78, 5) is 2.82. The van der Waals surface area contributed by atoms with Gasteiger partial charge in [0.05, 0.1) is 0 Å². The van der Waals surface area contributed by atoms with Gasteiger partial charge in [0.1, 0.15) is 0 Å². The normalized spacial score (nSPS) is 40.2. The Kier molecular flexibility index (Phi) is 5.50. The van der Waals surface area contributed by atoms with Crippen molar-refractivity contribution in [2.45, 2.75) is 58.9 Å². The van der Waals surface area contributed by atoms with E-state index in [-0.39, 0.29) is 0 Å². The van der Waals surface area contributed by atoms with E-state index in [0.717, 1.165) is 23.8 Å². The molecule has 2 atom stereocenters. The van der Waals surface area contributed by atoms with Gasteiger partial charge in [-0.1, -0.05) is 27.2 Å². The minimum absolute atomic E-state index is 0.807. The zero-order chi connectivity index (χ0) is 13.0. The highest BCUT2D eigenvalue weighted by Crippen LogP contribution is 2.30. The second kappa shape index (κ2) is 6.91. The van der Waals surface area contributed by atoms with Crippen LogP contribution in [-0.4, -0.2) is 37.1 Å². The maximum Gasteiger partial charge on any atom is 0.00957 e.